The van der Waals surface area contributed by atoms with E-state index in [9.17, 15) is 4.39 Å². The van der Waals surface area contributed by atoms with Crippen molar-refractivity contribution in [2.75, 3.05) is 5.73 Å². The maximum absolute atomic E-state index is 14.0. The second kappa shape index (κ2) is 6.50. The monoisotopic (exact) mass is 320 g/mol. The number of rotatable bonds is 4. The van der Waals surface area contributed by atoms with E-state index < -0.39 is 0 Å². The Balaban J connectivity index is 2.03. The Kier molecular flexibility index (Phi) is 4.24. The first kappa shape index (κ1) is 15.7. The topological polar surface area (TPSA) is 56.7 Å². The van der Waals surface area contributed by atoms with Crippen LogP contribution in [0.3, 0.4) is 0 Å². The highest BCUT2D eigenvalue weighted by Gasteiger charge is 2.09. The molecule has 3 aromatic rings. The van der Waals surface area contributed by atoms with Crippen LogP contribution in [-0.4, -0.2) is 14.8 Å². The van der Waals surface area contributed by atoms with Crippen molar-refractivity contribution in [2.24, 2.45) is 0 Å². The van der Waals surface area contributed by atoms with E-state index in [0.29, 0.717) is 17.0 Å². The maximum atomic E-state index is 14.0. The number of halogens is 1. The van der Waals surface area contributed by atoms with E-state index in [2.05, 4.69) is 16.7 Å². The molecule has 0 amide bonds. The van der Waals surface area contributed by atoms with Gasteiger partial charge in [0.2, 0.25) is 0 Å². The number of nitrogens with zero attached hydrogens (tertiary/aromatic N) is 3. The molecule has 0 aliphatic rings. The van der Waals surface area contributed by atoms with Crippen molar-refractivity contribution < 1.29 is 4.39 Å². The summed E-state index contributed by atoms with van der Waals surface area (Å²) in [5.74, 6) is -0.386. The van der Waals surface area contributed by atoms with Gasteiger partial charge in [0.15, 0.2) is 5.65 Å². The Morgan fingerprint density at radius 2 is 2.12 bits per heavy atom. The lowest BCUT2D eigenvalue weighted by Gasteiger charge is -2.03. The van der Waals surface area contributed by atoms with E-state index in [1.54, 1.807) is 24.5 Å². The van der Waals surface area contributed by atoms with Crippen LogP contribution in [-0.2, 0) is 0 Å². The lowest BCUT2D eigenvalue weighted by Crippen LogP contribution is -1.99. The smallest absolute Gasteiger partial charge is 0.181 e. The summed E-state index contributed by atoms with van der Waals surface area (Å²) in [7, 11) is 0. The van der Waals surface area contributed by atoms with E-state index in [0.717, 1.165) is 16.5 Å². The molecule has 2 N–H and O–H groups in total. The molecule has 0 unspecified atom stereocenters. The summed E-state index contributed by atoms with van der Waals surface area (Å²) in [6, 6.07) is 6.37. The SMILES string of the molecule is C=C/C=C\C=C(/C)c1cnc2nn(-c3cc(N)ccc3F)cc2c1. The number of anilines is 1. The van der Waals surface area contributed by atoms with Gasteiger partial charge in [0.05, 0.1) is 0 Å². The molecule has 0 aliphatic heterocycles. The van der Waals surface area contributed by atoms with Crippen LogP contribution in [0, 0.1) is 5.82 Å². The number of fused-ring (bicyclic) bond motifs is 1. The zero-order chi connectivity index (χ0) is 17.1. The molecule has 0 saturated heterocycles. The Bertz CT molecular complexity index is 967. The standard InChI is InChI=1S/C19H17FN4/c1-3-4-5-6-13(2)14-9-15-12-24(23-19(15)22-11-14)18-10-16(21)7-8-17(18)20/h3-12H,1,21H2,2H3/b5-4-,13-6+. The van der Waals surface area contributed by atoms with Gasteiger partial charge in [-0.1, -0.05) is 30.9 Å². The zero-order valence-corrected chi connectivity index (χ0v) is 13.3. The molecular weight excluding hydrogens is 303 g/mol. The van der Waals surface area contributed by atoms with Gasteiger partial charge in [-0.15, -0.1) is 5.10 Å². The molecule has 5 heteroatoms. The number of hydrogen-bond donors (Lipinski definition) is 1. The molecule has 2 aromatic heterocycles. The van der Waals surface area contributed by atoms with Crippen molar-refractivity contribution in [2.45, 2.75) is 6.92 Å². The van der Waals surface area contributed by atoms with Gasteiger partial charge in [-0.25, -0.2) is 14.1 Å². The van der Waals surface area contributed by atoms with E-state index in [-0.39, 0.29) is 5.82 Å². The Hall–Kier alpha value is -3.21. The number of nitrogens with two attached hydrogens (primary N) is 1. The molecule has 0 fully saturated rings. The highest BCUT2D eigenvalue weighted by molar-refractivity contribution is 5.80. The molecule has 0 saturated carbocycles. The van der Waals surface area contributed by atoms with Crippen LogP contribution in [0.25, 0.3) is 22.3 Å². The summed E-state index contributed by atoms with van der Waals surface area (Å²) in [6.45, 7) is 5.64. The molecule has 0 radical (unpaired) electrons. The van der Waals surface area contributed by atoms with Crippen molar-refractivity contribution in [1.29, 1.82) is 0 Å². The van der Waals surface area contributed by atoms with E-state index in [1.807, 2.05) is 31.2 Å². The van der Waals surface area contributed by atoms with Crippen molar-refractivity contribution in [3.63, 3.8) is 0 Å². The molecular formula is C19H17FN4. The Morgan fingerprint density at radius 3 is 2.92 bits per heavy atom. The number of nitrogen functional groups attached to an aromatic ring is 1. The molecule has 24 heavy (non-hydrogen) atoms. The zero-order valence-electron chi connectivity index (χ0n) is 13.3. The predicted octanol–water partition coefficient (Wildman–Crippen LogP) is 4.29. The molecule has 1 aromatic carbocycles. The van der Waals surface area contributed by atoms with Crippen molar-refractivity contribution in [3.8, 4) is 5.69 Å². The largest absolute Gasteiger partial charge is 0.399 e. The van der Waals surface area contributed by atoms with Gasteiger partial charge in [-0.3, -0.25) is 0 Å². The van der Waals surface area contributed by atoms with Crippen LogP contribution < -0.4 is 5.73 Å². The molecule has 0 atom stereocenters. The average molecular weight is 320 g/mol. The van der Waals surface area contributed by atoms with Gasteiger partial charge in [0, 0.05) is 23.5 Å². The minimum atomic E-state index is -0.386. The fourth-order valence-corrected chi connectivity index (χ4v) is 2.33. The average Bonchev–Trinajstić information content (AvgIpc) is 3.00. The van der Waals surface area contributed by atoms with Crippen molar-refractivity contribution in [3.05, 3.63) is 78.9 Å². The minimum Gasteiger partial charge on any atom is -0.399 e. The number of aromatic nitrogens is 3. The first-order valence-corrected chi connectivity index (χ1v) is 7.45. The number of pyridine rings is 1. The van der Waals surface area contributed by atoms with Gasteiger partial charge in [0.1, 0.15) is 11.5 Å². The van der Waals surface area contributed by atoms with Crippen molar-refractivity contribution >= 4 is 22.3 Å². The van der Waals surface area contributed by atoms with Crippen LogP contribution in [0.15, 0.2) is 67.5 Å². The normalized spacial score (nSPS) is 12.2. The first-order chi connectivity index (χ1) is 11.6. The summed E-state index contributed by atoms with van der Waals surface area (Å²) < 4.78 is 15.5. The first-order valence-electron chi connectivity index (χ1n) is 7.45. The van der Waals surface area contributed by atoms with Crippen LogP contribution in [0.1, 0.15) is 12.5 Å². The van der Waals surface area contributed by atoms with E-state index in [1.165, 1.54) is 16.8 Å². The maximum Gasteiger partial charge on any atom is 0.181 e. The third-order valence-corrected chi connectivity index (χ3v) is 3.62. The number of hydrogen-bond acceptors (Lipinski definition) is 3. The summed E-state index contributed by atoms with van der Waals surface area (Å²) in [5.41, 5.74) is 9.10. The minimum absolute atomic E-state index is 0.302. The Labute approximate surface area is 139 Å². The van der Waals surface area contributed by atoms with Crippen molar-refractivity contribution in [1.82, 2.24) is 14.8 Å². The number of benzene rings is 1. The van der Waals surface area contributed by atoms with E-state index in [4.69, 9.17) is 5.73 Å². The molecule has 2 heterocycles. The molecule has 4 nitrogen and oxygen atoms in total. The van der Waals surface area contributed by atoms with Crippen LogP contribution in [0.4, 0.5) is 10.1 Å². The summed E-state index contributed by atoms with van der Waals surface area (Å²) in [6.07, 6.45) is 11.0. The highest BCUT2D eigenvalue weighted by Crippen LogP contribution is 2.22. The second-order valence-electron chi connectivity index (χ2n) is 5.39. The van der Waals surface area contributed by atoms with Gasteiger partial charge in [-0.2, -0.15) is 0 Å². The lowest BCUT2D eigenvalue weighted by molar-refractivity contribution is 0.612. The van der Waals surface area contributed by atoms with Gasteiger partial charge in [-0.05, 0) is 42.3 Å². The fraction of sp³-hybridized carbons (Fsp3) is 0.0526. The van der Waals surface area contributed by atoms with Crippen LogP contribution >= 0.6 is 0 Å². The van der Waals surface area contributed by atoms with Gasteiger partial charge in [0.25, 0.3) is 0 Å². The predicted molar refractivity (Wildman–Crippen MR) is 96.2 cm³/mol. The third kappa shape index (κ3) is 3.10. The Morgan fingerprint density at radius 1 is 1.29 bits per heavy atom. The lowest BCUT2D eigenvalue weighted by atomic mass is 10.1. The summed E-state index contributed by atoms with van der Waals surface area (Å²) in [5, 5.41) is 5.15. The number of allylic oxidation sites excluding steroid dienone is 5. The summed E-state index contributed by atoms with van der Waals surface area (Å²) >= 11 is 0. The second-order valence-corrected chi connectivity index (χ2v) is 5.39. The van der Waals surface area contributed by atoms with Crippen LogP contribution in [0.5, 0.6) is 0 Å². The molecule has 0 bridgehead atoms. The highest BCUT2D eigenvalue weighted by atomic mass is 19.1. The fourth-order valence-electron chi connectivity index (χ4n) is 2.33. The van der Waals surface area contributed by atoms with E-state index >= 15 is 0 Å². The molecule has 3 rings (SSSR count). The summed E-state index contributed by atoms with van der Waals surface area (Å²) in [4.78, 5) is 4.36. The third-order valence-electron chi connectivity index (χ3n) is 3.62. The molecule has 120 valence electrons. The van der Waals surface area contributed by atoms with Gasteiger partial charge < -0.3 is 5.73 Å². The van der Waals surface area contributed by atoms with Crippen LogP contribution in [0.2, 0.25) is 0 Å². The van der Waals surface area contributed by atoms with Gasteiger partial charge >= 0.3 is 0 Å². The molecule has 0 spiro atoms. The molecule has 0 aliphatic carbocycles. The quantitative estimate of drug-likeness (QED) is 0.576.